The predicted molar refractivity (Wildman–Crippen MR) is 100 cm³/mol. The molecule has 0 radical (unpaired) electrons. The molecule has 0 saturated carbocycles. The second-order valence-electron chi connectivity index (χ2n) is 5.58. The molecule has 0 unspecified atom stereocenters. The second kappa shape index (κ2) is 8.87. The van der Waals surface area contributed by atoms with Crippen molar-refractivity contribution in [1.82, 2.24) is 20.2 Å². The van der Waals surface area contributed by atoms with Crippen molar-refractivity contribution >= 4 is 11.8 Å². The molecule has 1 heterocycles. The van der Waals surface area contributed by atoms with Crippen molar-refractivity contribution in [2.75, 3.05) is 21.3 Å². The number of nitrogens with zero attached hydrogens (tertiary/aromatic N) is 4. The lowest BCUT2D eigenvalue weighted by molar-refractivity contribution is 0.251. The van der Waals surface area contributed by atoms with E-state index in [1.807, 2.05) is 6.07 Å². The van der Waals surface area contributed by atoms with Gasteiger partial charge >= 0.3 is 0 Å². The summed E-state index contributed by atoms with van der Waals surface area (Å²) in [6, 6.07) is 10.3. The van der Waals surface area contributed by atoms with Gasteiger partial charge in [-0.1, -0.05) is 17.8 Å². The van der Waals surface area contributed by atoms with E-state index >= 15 is 0 Å². The van der Waals surface area contributed by atoms with Gasteiger partial charge in [-0.05, 0) is 41.1 Å². The molecule has 2 aromatic carbocycles. The number of tetrazole rings is 1. The molecule has 10 heteroatoms. The minimum atomic E-state index is -2.51. The number of methoxy groups -OCH3 is 3. The number of hydrogen-bond donors (Lipinski definition) is 0. The fraction of sp³-hybridized carbons (Fsp3) is 0.278. The van der Waals surface area contributed by atoms with Crippen molar-refractivity contribution in [3.63, 3.8) is 0 Å². The molecular formula is C18H18F2N4O3S. The zero-order valence-electron chi connectivity index (χ0n) is 15.4. The molecule has 148 valence electrons. The Labute approximate surface area is 164 Å². The molecule has 0 N–H and O–H groups in total. The van der Waals surface area contributed by atoms with Crippen LogP contribution in [0.1, 0.15) is 5.56 Å². The Bertz CT molecular complexity index is 952. The molecule has 0 aliphatic heterocycles. The summed E-state index contributed by atoms with van der Waals surface area (Å²) < 4.78 is 40.9. The van der Waals surface area contributed by atoms with Crippen LogP contribution < -0.4 is 14.2 Å². The van der Waals surface area contributed by atoms with Gasteiger partial charge < -0.3 is 14.2 Å². The van der Waals surface area contributed by atoms with E-state index in [4.69, 9.17) is 14.2 Å². The molecule has 0 bridgehead atoms. The number of aromatic nitrogens is 4. The Kier molecular flexibility index (Phi) is 6.30. The molecule has 0 atom stereocenters. The number of benzene rings is 2. The summed E-state index contributed by atoms with van der Waals surface area (Å²) in [5.41, 5.74) is 1.52. The first-order chi connectivity index (χ1) is 13.5. The van der Waals surface area contributed by atoms with Crippen LogP contribution in [0.2, 0.25) is 0 Å². The molecule has 0 aliphatic rings. The SMILES string of the molecule is COc1ccc(-c2nnn(Cc3ccc(SC(F)F)c(OC)c3)n2)cc1OC. The smallest absolute Gasteiger partial charge is 0.289 e. The molecule has 28 heavy (non-hydrogen) atoms. The summed E-state index contributed by atoms with van der Waals surface area (Å²) in [5.74, 6) is -0.540. The molecule has 1 aromatic heterocycles. The van der Waals surface area contributed by atoms with Gasteiger partial charge in [0.25, 0.3) is 5.76 Å². The third kappa shape index (κ3) is 4.50. The van der Waals surface area contributed by atoms with E-state index in [1.54, 1.807) is 44.6 Å². The normalized spacial score (nSPS) is 10.9. The molecule has 0 amide bonds. The van der Waals surface area contributed by atoms with Crippen LogP contribution >= 0.6 is 11.8 Å². The number of hydrogen-bond acceptors (Lipinski definition) is 7. The molecule has 0 fully saturated rings. The number of halogens is 2. The van der Waals surface area contributed by atoms with Crippen LogP contribution in [0.15, 0.2) is 41.3 Å². The fourth-order valence-corrected chi connectivity index (χ4v) is 3.17. The summed E-state index contributed by atoms with van der Waals surface area (Å²) in [4.78, 5) is 1.79. The minimum absolute atomic E-state index is 0.316. The zero-order chi connectivity index (χ0) is 20.1. The van der Waals surface area contributed by atoms with E-state index in [1.165, 1.54) is 11.9 Å². The van der Waals surface area contributed by atoms with Gasteiger partial charge in [-0.25, -0.2) is 0 Å². The van der Waals surface area contributed by atoms with Crippen LogP contribution in [0.3, 0.4) is 0 Å². The van der Waals surface area contributed by atoms with Gasteiger partial charge in [0, 0.05) is 5.56 Å². The van der Waals surface area contributed by atoms with Gasteiger partial charge in [-0.15, -0.1) is 10.2 Å². The highest BCUT2D eigenvalue weighted by Crippen LogP contribution is 2.34. The van der Waals surface area contributed by atoms with Crippen LogP contribution in [-0.4, -0.2) is 47.3 Å². The zero-order valence-corrected chi connectivity index (χ0v) is 16.2. The van der Waals surface area contributed by atoms with Crippen LogP contribution in [0.4, 0.5) is 8.78 Å². The van der Waals surface area contributed by atoms with E-state index in [2.05, 4.69) is 15.4 Å². The number of alkyl halides is 2. The number of thioether (sulfide) groups is 1. The lowest BCUT2D eigenvalue weighted by atomic mass is 10.2. The van der Waals surface area contributed by atoms with Crippen molar-refractivity contribution < 1.29 is 23.0 Å². The van der Waals surface area contributed by atoms with Crippen LogP contribution in [0.5, 0.6) is 17.2 Å². The van der Waals surface area contributed by atoms with E-state index in [9.17, 15) is 8.78 Å². The Hall–Kier alpha value is -2.88. The highest BCUT2D eigenvalue weighted by Gasteiger charge is 2.13. The van der Waals surface area contributed by atoms with Crippen molar-refractivity contribution in [3.05, 3.63) is 42.0 Å². The van der Waals surface area contributed by atoms with E-state index in [0.29, 0.717) is 46.3 Å². The average Bonchev–Trinajstić information content (AvgIpc) is 3.16. The minimum Gasteiger partial charge on any atom is -0.496 e. The highest BCUT2D eigenvalue weighted by molar-refractivity contribution is 7.99. The first-order valence-electron chi connectivity index (χ1n) is 8.16. The summed E-state index contributed by atoms with van der Waals surface area (Å²) in [6.45, 7) is 0.316. The van der Waals surface area contributed by atoms with Crippen molar-refractivity contribution in [1.29, 1.82) is 0 Å². The largest absolute Gasteiger partial charge is 0.496 e. The van der Waals surface area contributed by atoms with E-state index < -0.39 is 5.76 Å². The van der Waals surface area contributed by atoms with Gasteiger partial charge in [0.1, 0.15) is 5.75 Å². The summed E-state index contributed by atoms with van der Waals surface area (Å²) in [5, 5.41) is 12.5. The first-order valence-corrected chi connectivity index (χ1v) is 9.04. The fourth-order valence-electron chi connectivity index (χ4n) is 2.57. The third-order valence-electron chi connectivity index (χ3n) is 3.86. The maximum absolute atomic E-state index is 12.6. The van der Waals surface area contributed by atoms with Crippen LogP contribution in [0.25, 0.3) is 11.4 Å². The topological polar surface area (TPSA) is 71.3 Å². The number of ether oxygens (including phenoxy) is 3. The molecule has 3 rings (SSSR count). The van der Waals surface area contributed by atoms with E-state index in [0.717, 1.165) is 11.1 Å². The van der Waals surface area contributed by atoms with Gasteiger partial charge in [0.05, 0.1) is 32.8 Å². The Morgan fingerprint density at radius 3 is 2.39 bits per heavy atom. The molecule has 0 spiro atoms. The standard InChI is InChI=1S/C18H18F2N4O3S/c1-25-13-6-5-12(9-14(13)26-2)17-21-23-24(22-17)10-11-4-7-16(28-18(19)20)15(8-11)27-3/h4-9,18H,10H2,1-3H3. The first kappa shape index (κ1) is 19.9. The highest BCUT2D eigenvalue weighted by atomic mass is 32.2. The van der Waals surface area contributed by atoms with E-state index in [-0.39, 0.29) is 0 Å². The van der Waals surface area contributed by atoms with Gasteiger partial charge in [-0.2, -0.15) is 13.6 Å². The molecule has 0 aliphatic carbocycles. The van der Waals surface area contributed by atoms with Crippen LogP contribution in [0, 0.1) is 0 Å². The lowest BCUT2D eigenvalue weighted by Crippen LogP contribution is -2.04. The second-order valence-corrected chi connectivity index (χ2v) is 6.61. The molecule has 7 nitrogen and oxygen atoms in total. The summed E-state index contributed by atoms with van der Waals surface area (Å²) in [7, 11) is 4.55. The predicted octanol–water partition coefficient (Wildman–Crippen LogP) is 3.73. The maximum atomic E-state index is 12.6. The molecule has 3 aromatic rings. The Morgan fingerprint density at radius 1 is 0.964 bits per heavy atom. The molecular weight excluding hydrogens is 390 g/mol. The third-order valence-corrected chi connectivity index (χ3v) is 4.63. The van der Waals surface area contributed by atoms with Gasteiger partial charge in [0.2, 0.25) is 5.82 Å². The summed E-state index contributed by atoms with van der Waals surface area (Å²) >= 11 is 0.442. The average molecular weight is 408 g/mol. The van der Waals surface area contributed by atoms with Gasteiger partial charge in [0.15, 0.2) is 11.5 Å². The van der Waals surface area contributed by atoms with Gasteiger partial charge in [-0.3, -0.25) is 0 Å². The monoisotopic (exact) mass is 408 g/mol. The number of rotatable bonds is 8. The Morgan fingerprint density at radius 2 is 1.71 bits per heavy atom. The quantitative estimate of drug-likeness (QED) is 0.526. The van der Waals surface area contributed by atoms with Crippen molar-refractivity contribution in [2.45, 2.75) is 17.2 Å². The lowest BCUT2D eigenvalue weighted by Gasteiger charge is -2.09. The van der Waals surface area contributed by atoms with Crippen molar-refractivity contribution in [2.24, 2.45) is 0 Å². The summed E-state index contributed by atoms with van der Waals surface area (Å²) in [6.07, 6.45) is 0. The Balaban J connectivity index is 1.79. The van der Waals surface area contributed by atoms with Crippen LogP contribution in [-0.2, 0) is 6.54 Å². The van der Waals surface area contributed by atoms with Crippen molar-refractivity contribution in [3.8, 4) is 28.6 Å². The maximum Gasteiger partial charge on any atom is 0.289 e. The molecule has 0 saturated heterocycles.